The number of carboxylic acid groups (broad SMARTS) is 1. The Labute approximate surface area is 96.1 Å². The number of carboxylic acids is 1. The Balaban J connectivity index is 2.42. The van der Waals surface area contributed by atoms with Crippen LogP contribution in [0.3, 0.4) is 0 Å². The van der Waals surface area contributed by atoms with Gasteiger partial charge in [0.2, 0.25) is 0 Å². The fourth-order valence-corrected chi connectivity index (χ4v) is 1.39. The van der Waals surface area contributed by atoms with Crippen molar-refractivity contribution in [3.63, 3.8) is 0 Å². The van der Waals surface area contributed by atoms with E-state index in [0.717, 1.165) is 5.56 Å². The Kier molecular flexibility index (Phi) is 4.99. The number of hydrogen-bond donors (Lipinski definition) is 1. The molecule has 0 aliphatic rings. The molecule has 16 heavy (non-hydrogen) atoms. The smallest absolute Gasteiger partial charge is 0.305 e. The molecule has 1 N–H and O–H groups in total. The van der Waals surface area contributed by atoms with Crippen molar-refractivity contribution in [1.29, 1.82) is 0 Å². The normalized spacial score (nSPS) is 10.7. The molecule has 0 fully saturated rings. The van der Waals surface area contributed by atoms with E-state index in [0.29, 0.717) is 12.5 Å². The summed E-state index contributed by atoms with van der Waals surface area (Å²) < 4.78 is 5.28. The van der Waals surface area contributed by atoms with Crippen molar-refractivity contribution in [3.05, 3.63) is 35.4 Å². The van der Waals surface area contributed by atoms with Gasteiger partial charge in [0.15, 0.2) is 0 Å². The Hall–Kier alpha value is -1.35. The first kappa shape index (κ1) is 12.7. The second-order valence-corrected chi connectivity index (χ2v) is 4.10. The summed E-state index contributed by atoms with van der Waals surface area (Å²) in [5, 5.41) is 8.45. The zero-order chi connectivity index (χ0) is 12.0. The van der Waals surface area contributed by atoms with E-state index in [1.807, 2.05) is 12.1 Å². The third-order valence-corrected chi connectivity index (χ3v) is 2.35. The molecule has 1 aromatic rings. The Bertz CT molecular complexity index is 345. The maximum atomic E-state index is 10.3. The lowest BCUT2D eigenvalue weighted by Crippen LogP contribution is -2.03. The Morgan fingerprint density at radius 3 is 2.81 bits per heavy atom. The maximum absolute atomic E-state index is 10.3. The molecule has 0 saturated carbocycles. The fraction of sp³-hybridized carbons (Fsp3) is 0.462. The number of rotatable bonds is 6. The van der Waals surface area contributed by atoms with E-state index in [1.165, 1.54) is 5.56 Å². The van der Waals surface area contributed by atoms with Crippen LogP contribution in [0, 0.1) is 0 Å². The molecule has 88 valence electrons. The summed E-state index contributed by atoms with van der Waals surface area (Å²) in [4.78, 5) is 10.3. The van der Waals surface area contributed by atoms with Crippen LogP contribution >= 0.6 is 0 Å². The van der Waals surface area contributed by atoms with Gasteiger partial charge in [0, 0.05) is 0 Å². The molecule has 3 nitrogen and oxygen atoms in total. The predicted octanol–water partition coefficient (Wildman–Crippen LogP) is 2.80. The van der Waals surface area contributed by atoms with Gasteiger partial charge >= 0.3 is 5.97 Å². The van der Waals surface area contributed by atoms with Crippen LogP contribution in [-0.2, 0) is 16.1 Å². The van der Waals surface area contributed by atoms with E-state index in [4.69, 9.17) is 9.84 Å². The quantitative estimate of drug-likeness (QED) is 0.753. The van der Waals surface area contributed by atoms with Crippen molar-refractivity contribution in [1.82, 2.24) is 0 Å². The van der Waals surface area contributed by atoms with Crippen molar-refractivity contribution in [2.24, 2.45) is 0 Å². The highest BCUT2D eigenvalue weighted by Gasteiger charge is 2.01. The maximum Gasteiger partial charge on any atom is 0.305 e. The van der Waals surface area contributed by atoms with Crippen molar-refractivity contribution in [2.75, 3.05) is 6.61 Å². The summed E-state index contributed by atoms with van der Waals surface area (Å²) >= 11 is 0. The molecule has 0 aromatic heterocycles. The van der Waals surface area contributed by atoms with Gasteiger partial charge in [0.1, 0.15) is 0 Å². The SMILES string of the molecule is CC(C)c1cccc(COCCC(=O)O)c1. The molecule has 0 aliphatic carbocycles. The average molecular weight is 222 g/mol. The second-order valence-electron chi connectivity index (χ2n) is 4.10. The van der Waals surface area contributed by atoms with Gasteiger partial charge in [-0.25, -0.2) is 0 Å². The Morgan fingerprint density at radius 1 is 1.44 bits per heavy atom. The standard InChI is InChI=1S/C13H18O3/c1-10(2)12-5-3-4-11(8-12)9-16-7-6-13(14)15/h3-5,8,10H,6-7,9H2,1-2H3,(H,14,15). The molecule has 0 atom stereocenters. The largest absolute Gasteiger partial charge is 0.481 e. The molecule has 1 aromatic carbocycles. The molecule has 0 heterocycles. The highest BCUT2D eigenvalue weighted by Crippen LogP contribution is 2.15. The highest BCUT2D eigenvalue weighted by molar-refractivity contribution is 5.66. The summed E-state index contributed by atoms with van der Waals surface area (Å²) in [5.41, 5.74) is 2.37. The Morgan fingerprint density at radius 2 is 2.19 bits per heavy atom. The zero-order valence-corrected chi connectivity index (χ0v) is 9.77. The van der Waals surface area contributed by atoms with Crippen LogP contribution in [0.2, 0.25) is 0 Å². The zero-order valence-electron chi connectivity index (χ0n) is 9.77. The van der Waals surface area contributed by atoms with Gasteiger partial charge in [-0.3, -0.25) is 4.79 Å². The first-order chi connectivity index (χ1) is 7.59. The lowest BCUT2D eigenvalue weighted by atomic mass is 10.0. The molecule has 0 saturated heterocycles. The summed E-state index contributed by atoms with van der Waals surface area (Å²) in [5.74, 6) is -0.324. The molecule has 3 heteroatoms. The summed E-state index contributed by atoms with van der Waals surface area (Å²) in [7, 11) is 0. The van der Waals surface area contributed by atoms with Crippen LogP contribution in [0.15, 0.2) is 24.3 Å². The van der Waals surface area contributed by atoms with Crippen molar-refractivity contribution >= 4 is 5.97 Å². The van der Waals surface area contributed by atoms with Crippen LogP contribution in [0.5, 0.6) is 0 Å². The third kappa shape index (κ3) is 4.45. The molecule has 0 spiro atoms. The molecule has 0 bridgehead atoms. The highest BCUT2D eigenvalue weighted by atomic mass is 16.5. The van der Waals surface area contributed by atoms with E-state index in [1.54, 1.807) is 0 Å². The van der Waals surface area contributed by atoms with Crippen LogP contribution in [-0.4, -0.2) is 17.7 Å². The molecule has 0 amide bonds. The minimum absolute atomic E-state index is 0.0594. The van der Waals surface area contributed by atoms with E-state index < -0.39 is 5.97 Å². The van der Waals surface area contributed by atoms with E-state index in [2.05, 4.69) is 26.0 Å². The summed E-state index contributed by atoms with van der Waals surface area (Å²) in [6, 6.07) is 8.19. The predicted molar refractivity (Wildman–Crippen MR) is 62.4 cm³/mol. The second kappa shape index (κ2) is 6.28. The number of ether oxygens (including phenoxy) is 1. The van der Waals surface area contributed by atoms with Gasteiger partial charge in [-0.2, -0.15) is 0 Å². The van der Waals surface area contributed by atoms with Gasteiger partial charge in [-0.1, -0.05) is 38.1 Å². The number of aliphatic carboxylic acids is 1. The van der Waals surface area contributed by atoms with Gasteiger partial charge in [-0.15, -0.1) is 0 Å². The minimum Gasteiger partial charge on any atom is -0.481 e. The summed E-state index contributed by atoms with van der Waals surface area (Å²) in [6.45, 7) is 5.03. The van der Waals surface area contributed by atoms with Gasteiger partial charge in [0.25, 0.3) is 0 Å². The number of benzene rings is 1. The van der Waals surface area contributed by atoms with Gasteiger partial charge in [0.05, 0.1) is 19.6 Å². The first-order valence-electron chi connectivity index (χ1n) is 5.48. The van der Waals surface area contributed by atoms with Crippen LogP contribution in [0.1, 0.15) is 37.3 Å². The first-order valence-corrected chi connectivity index (χ1v) is 5.48. The van der Waals surface area contributed by atoms with E-state index >= 15 is 0 Å². The molecular formula is C13H18O3. The molecular weight excluding hydrogens is 204 g/mol. The van der Waals surface area contributed by atoms with Crippen LogP contribution in [0.25, 0.3) is 0 Å². The van der Waals surface area contributed by atoms with Gasteiger partial charge < -0.3 is 9.84 Å². The van der Waals surface area contributed by atoms with E-state index in [-0.39, 0.29) is 13.0 Å². The number of hydrogen-bond acceptors (Lipinski definition) is 2. The molecule has 1 rings (SSSR count). The van der Waals surface area contributed by atoms with Gasteiger partial charge in [-0.05, 0) is 17.0 Å². The third-order valence-electron chi connectivity index (χ3n) is 2.35. The van der Waals surface area contributed by atoms with Crippen LogP contribution in [0.4, 0.5) is 0 Å². The number of carbonyl (C=O) groups is 1. The van der Waals surface area contributed by atoms with Crippen LogP contribution < -0.4 is 0 Å². The van der Waals surface area contributed by atoms with Crippen molar-refractivity contribution < 1.29 is 14.6 Å². The molecule has 0 aliphatic heterocycles. The minimum atomic E-state index is -0.823. The summed E-state index contributed by atoms with van der Waals surface area (Å²) in [6.07, 6.45) is 0.0594. The monoisotopic (exact) mass is 222 g/mol. The average Bonchev–Trinajstić information content (AvgIpc) is 2.24. The van der Waals surface area contributed by atoms with Crippen molar-refractivity contribution in [3.8, 4) is 0 Å². The lowest BCUT2D eigenvalue weighted by Gasteiger charge is -2.08. The van der Waals surface area contributed by atoms with Crippen molar-refractivity contribution in [2.45, 2.75) is 32.8 Å². The topological polar surface area (TPSA) is 46.5 Å². The van der Waals surface area contributed by atoms with E-state index in [9.17, 15) is 4.79 Å². The lowest BCUT2D eigenvalue weighted by molar-refractivity contribution is -0.138. The molecule has 0 radical (unpaired) electrons. The molecule has 0 unspecified atom stereocenters. The fourth-order valence-electron chi connectivity index (χ4n) is 1.39.